The Labute approximate surface area is 191 Å². The quantitative estimate of drug-likeness (QED) is 0.481. The first-order chi connectivity index (χ1) is 15.0. The lowest BCUT2D eigenvalue weighted by atomic mass is 10.2. The lowest BCUT2D eigenvalue weighted by Crippen LogP contribution is -2.37. The number of rotatable bonds is 8. The highest BCUT2D eigenvalue weighted by molar-refractivity contribution is 6.36. The molecule has 160 valence electrons. The van der Waals surface area contributed by atoms with E-state index in [2.05, 4.69) is 10.3 Å². The van der Waals surface area contributed by atoms with Gasteiger partial charge in [-0.1, -0.05) is 42.3 Å². The van der Waals surface area contributed by atoms with Crippen molar-refractivity contribution in [2.75, 3.05) is 18.4 Å². The fourth-order valence-corrected chi connectivity index (χ4v) is 3.39. The number of nitrogens with one attached hydrogen (secondary N) is 1. The van der Waals surface area contributed by atoms with Crippen molar-refractivity contribution in [2.45, 2.75) is 13.3 Å². The standard InChI is InChI=1S/C23H22Cl2N4O2/c1-2-12-28(15-22(30)27-21-9-6-18(24)14-20(21)25)23(31)10-5-17-3-7-19(8-4-17)29-13-11-26-16-29/h3-11,13-14,16H,2,12,15H2,1H3,(H,27,30)/b10-5+. The monoisotopic (exact) mass is 456 g/mol. The van der Waals surface area contributed by atoms with Gasteiger partial charge in [-0.05, 0) is 48.4 Å². The number of benzene rings is 2. The number of hydrogen-bond donors (Lipinski definition) is 1. The van der Waals surface area contributed by atoms with Crippen LogP contribution in [0.4, 0.5) is 5.69 Å². The van der Waals surface area contributed by atoms with Crippen LogP contribution < -0.4 is 5.32 Å². The van der Waals surface area contributed by atoms with Gasteiger partial charge in [0, 0.05) is 35.7 Å². The van der Waals surface area contributed by atoms with Crippen LogP contribution in [0.3, 0.4) is 0 Å². The third-order valence-electron chi connectivity index (χ3n) is 4.46. The molecule has 0 aliphatic carbocycles. The highest BCUT2D eigenvalue weighted by Crippen LogP contribution is 2.25. The predicted molar refractivity (Wildman–Crippen MR) is 125 cm³/mol. The van der Waals surface area contributed by atoms with E-state index >= 15 is 0 Å². The molecule has 8 heteroatoms. The zero-order valence-corrected chi connectivity index (χ0v) is 18.5. The summed E-state index contributed by atoms with van der Waals surface area (Å²) in [6.45, 7) is 2.34. The molecule has 0 radical (unpaired) electrons. The Morgan fingerprint density at radius 3 is 2.58 bits per heavy atom. The number of anilines is 1. The minimum atomic E-state index is -0.330. The zero-order chi connectivity index (χ0) is 22.2. The fourth-order valence-electron chi connectivity index (χ4n) is 2.93. The van der Waals surface area contributed by atoms with Gasteiger partial charge in [-0.2, -0.15) is 0 Å². The summed E-state index contributed by atoms with van der Waals surface area (Å²) in [7, 11) is 0. The topological polar surface area (TPSA) is 67.2 Å². The maximum atomic E-state index is 12.7. The molecule has 3 rings (SSSR count). The Morgan fingerprint density at radius 1 is 1.16 bits per heavy atom. The van der Waals surface area contributed by atoms with Crippen molar-refractivity contribution in [2.24, 2.45) is 0 Å². The number of halogens is 2. The van der Waals surface area contributed by atoms with Crippen LogP contribution in [0.15, 0.2) is 67.3 Å². The number of carbonyl (C=O) groups is 2. The van der Waals surface area contributed by atoms with Crippen LogP contribution in [0.5, 0.6) is 0 Å². The van der Waals surface area contributed by atoms with E-state index < -0.39 is 0 Å². The fraction of sp³-hybridized carbons (Fsp3) is 0.174. The van der Waals surface area contributed by atoms with Crippen LogP contribution in [-0.2, 0) is 9.59 Å². The maximum Gasteiger partial charge on any atom is 0.247 e. The second-order valence-corrected chi connectivity index (χ2v) is 7.67. The molecule has 0 fully saturated rings. The molecule has 6 nitrogen and oxygen atoms in total. The summed E-state index contributed by atoms with van der Waals surface area (Å²) in [5.74, 6) is -0.568. The molecule has 0 aliphatic rings. The average molecular weight is 457 g/mol. The highest BCUT2D eigenvalue weighted by Gasteiger charge is 2.15. The van der Waals surface area contributed by atoms with E-state index in [1.807, 2.05) is 42.0 Å². The molecule has 0 saturated carbocycles. The van der Waals surface area contributed by atoms with Gasteiger partial charge in [0.2, 0.25) is 11.8 Å². The summed E-state index contributed by atoms with van der Waals surface area (Å²) in [4.78, 5) is 30.6. The first-order valence-corrected chi connectivity index (χ1v) is 10.5. The van der Waals surface area contributed by atoms with Gasteiger partial charge in [-0.25, -0.2) is 4.98 Å². The molecule has 0 saturated heterocycles. The van der Waals surface area contributed by atoms with Gasteiger partial charge in [0.1, 0.15) is 6.54 Å². The zero-order valence-electron chi connectivity index (χ0n) is 17.0. The summed E-state index contributed by atoms with van der Waals surface area (Å²) in [6.07, 6.45) is 9.24. The number of aromatic nitrogens is 2. The van der Waals surface area contributed by atoms with Crippen molar-refractivity contribution in [1.82, 2.24) is 14.5 Å². The molecule has 0 atom stereocenters. The normalized spacial score (nSPS) is 10.9. The largest absolute Gasteiger partial charge is 0.330 e. The van der Waals surface area contributed by atoms with Crippen molar-refractivity contribution >= 4 is 46.8 Å². The summed E-state index contributed by atoms with van der Waals surface area (Å²) < 4.78 is 1.90. The van der Waals surface area contributed by atoms with Crippen molar-refractivity contribution in [3.8, 4) is 5.69 Å². The SMILES string of the molecule is CCCN(CC(=O)Nc1ccc(Cl)cc1Cl)C(=O)/C=C/c1ccc(-n2ccnc2)cc1. The van der Waals surface area contributed by atoms with Gasteiger partial charge in [-0.15, -0.1) is 0 Å². The summed E-state index contributed by atoms with van der Waals surface area (Å²) >= 11 is 12.0. The first kappa shape index (κ1) is 22.6. The molecule has 3 aromatic rings. The Morgan fingerprint density at radius 2 is 1.94 bits per heavy atom. The van der Waals surface area contributed by atoms with E-state index in [1.54, 1.807) is 36.8 Å². The maximum absolute atomic E-state index is 12.7. The molecule has 1 heterocycles. The number of nitrogens with zero attached hydrogens (tertiary/aromatic N) is 3. The van der Waals surface area contributed by atoms with Crippen LogP contribution in [0.1, 0.15) is 18.9 Å². The molecule has 0 aliphatic heterocycles. The molecule has 1 aromatic heterocycles. The molecule has 0 bridgehead atoms. The molecule has 0 spiro atoms. The molecule has 31 heavy (non-hydrogen) atoms. The van der Waals surface area contributed by atoms with Crippen LogP contribution in [-0.4, -0.2) is 39.4 Å². The van der Waals surface area contributed by atoms with Crippen molar-refractivity contribution in [3.63, 3.8) is 0 Å². The smallest absolute Gasteiger partial charge is 0.247 e. The summed E-state index contributed by atoms with van der Waals surface area (Å²) in [6, 6.07) is 12.5. The van der Waals surface area contributed by atoms with E-state index in [1.165, 1.54) is 11.0 Å². The first-order valence-electron chi connectivity index (χ1n) is 9.76. The van der Waals surface area contributed by atoms with Crippen LogP contribution in [0, 0.1) is 0 Å². The van der Waals surface area contributed by atoms with E-state index in [4.69, 9.17) is 23.2 Å². The third kappa shape index (κ3) is 6.44. The Hall–Kier alpha value is -3.09. The van der Waals surface area contributed by atoms with Crippen LogP contribution >= 0.6 is 23.2 Å². The molecule has 2 aromatic carbocycles. The lowest BCUT2D eigenvalue weighted by molar-refractivity contribution is -0.130. The molecule has 0 unspecified atom stereocenters. The highest BCUT2D eigenvalue weighted by atomic mass is 35.5. The molecule has 2 amide bonds. The van der Waals surface area contributed by atoms with Gasteiger partial charge in [0.25, 0.3) is 0 Å². The molecular weight excluding hydrogens is 435 g/mol. The summed E-state index contributed by atoms with van der Waals surface area (Å²) in [5, 5.41) is 3.54. The second kappa shape index (κ2) is 10.8. The van der Waals surface area contributed by atoms with Gasteiger partial charge in [0.15, 0.2) is 0 Å². The Balaban J connectivity index is 1.62. The lowest BCUT2D eigenvalue weighted by Gasteiger charge is -2.20. The number of carbonyl (C=O) groups excluding carboxylic acids is 2. The Bertz CT molecular complexity index is 1060. The molecule has 1 N–H and O–H groups in total. The van der Waals surface area contributed by atoms with Crippen molar-refractivity contribution in [1.29, 1.82) is 0 Å². The van der Waals surface area contributed by atoms with Gasteiger partial charge in [0.05, 0.1) is 17.0 Å². The number of imidazole rings is 1. The van der Waals surface area contributed by atoms with Crippen molar-refractivity contribution < 1.29 is 9.59 Å². The van der Waals surface area contributed by atoms with E-state index in [-0.39, 0.29) is 18.4 Å². The number of hydrogen-bond acceptors (Lipinski definition) is 3. The minimum Gasteiger partial charge on any atom is -0.330 e. The third-order valence-corrected chi connectivity index (χ3v) is 5.01. The predicted octanol–water partition coefficient (Wildman–Crippen LogP) is 5.07. The van der Waals surface area contributed by atoms with Crippen LogP contribution in [0.2, 0.25) is 10.0 Å². The number of amides is 2. The summed E-state index contributed by atoms with van der Waals surface area (Å²) in [5.41, 5.74) is 2.31. The Kier molecular flexibility index (Phi) is 7.87. The van der Waals surface area contributed by atoms with Gasteiger partial charge in [-0.3, -0.25) is 9.59 Å². The molecular formula is C23H22Cl2N4O2. The van der Waals surface area contributed by atoms with Crippen molar-refractivity contribution in [3.05, 3.63) is 82.9 Å². The van der Waals surface area contributed by atoms with Crippen LogP contribution in [0.25, 0.3) is 11.8 Å². The average Bonchev–Trinajstić information content (AvgIpc) is 3.29. The van der Waals surface area contributed by atoms with Gasteiger partial charge < -0.3 is 14.8 Å². The van der Waals surface area contributed by atoms with E-state index in [0.717, 1.165) is 17.7 Å². The minimum absolute atomic E-state index is 0.0739. The van der Waals surface area contributed by atoms with E-state index in [9.17, 15) is 9.59 Å². The second-order valence-electron chi connectivity index (χ2n) is 6.83. The van der Waals surface area contributed by atoms with Gasteiger partial charge >= 0.3 is 0 Å². The van der Waals surface area contributed by atoms with E-state index in [0.29, 0.717) is 22.3 Å².